The molecule has 0 aromatic heterocycles. The van der Waals surface area contributed by atoms with Gasteiger partial charge in [0.2, 0.25) is 5.92 Å². The molecule has 76 valence electrons. The van der Waals surface area contributed by atoms with Crippen molar-refractivity contribution in [1.82, 2.24) is 0 Å². The van der Waals surface area contributed by atoms with Crippen LogP contribution in [0.3, 0.4) is 0 Å². The second-order valence-electron chi connectivity index (χ2n) is 4.27. The number of halogens is 5. The van der Waals surface area contributed by atoms with Crippen molar-refractivity contribution < 1.29 is 21.7 Å². The van der Waals surface area contributed by atoms with Gasteiger partial charge in [0.15, 0.2) is 0 Å². The van der Waals surface area contributed by atoms with Gasteiger partial charge < -0.3 is 12.9 Å². The Balaban J connectivity index is 2.12. The average molecular weight is 199 g/mol. The van der Waals surface area contributed by atoms with Crippen LogP contribution in [-0.2, 0) is 0 Å². The molecule has 2 unspecified atom stereocenters. The summed E-state index contributed by atoms with van der Waals surface area (Å²) in [5, 5.41) is -1.68. The van der Waals surface area contributed by atoms with Gasteiger partial charge in [-0.1, -0.05) is 24.1 Å². The minimum atomic E-state index is -4.92. The Hall–Kier alpha value is -0.285. The van der Waals surface area contributed by atoms with Gasteiger partial charge in [0.25, 0.3) is 0 Å². The highest BCUT2D eigenvalue weighted by atomic mass is 19.4. The predicted octanol–water partition coefficient (Wildman–Crippen LogP) is 3.41. The molecule has 0 aromatic rings. The van der Waals surface area contributed by atoms with Crippen molar-refractivity contribution in [3.8, 4) is 0 Å². The molecule has 2 fully saturated rings. The monoisotopic (exact) mass is 199 g/mol. The molecule has 0 radical (unpaired) electrons. The highest BCUT2D eigenvalue weighted by Gasteiger charge is 2.68. The zero-order valence-corrected chi connectivity index (χ0v) is 6.87. The van der Waals surface area contributed by atoms with E-state index in [9.17, 15) is 21.7 Å². The van der Waals surface area contributed by atoms with Crippen LogP contribution in [0.1, 0.15) is 25.7 Å². The largest absolute Gasteiger partial charge is 0.484 e. The first-order valence-corrected chi connectivity index (χ1v) is 4.34. The maximum Gasteiger partial charge on any atom is 0.484 e. The van der Waals surface area contributed by atoms with Crippen LogP contribution in [0.25, 0.3) is 0 Å². The van der Waals surface area contributed by atoms with E-state index in [1.54, 1.807) is 0 Å². The first-order valence-electron chi connectivity index (χ1n) is 4.34. The fourth-order valence-corrected chi connectivity index (χ4v) is 2.42. The molecule has 0 aliphatic heterocycles. The maximum atomic E-state index is 12.7. The second-order valence-corrected chi connectivity index (χ2v) is 4.27. The van der Waals surface area contributed by atoms with Crippen molar-refractivity contribution in [3.63, 3.8) is 0 Å². The lowest BCUT2D eigenvalue weighted by molar-refractivity contribution is -0.0382. The number of hydrogen-bond donors (Lipinski definition) is 0. The van der Waals surface area contributed by atoms with E-state index in [4.69, 9.17) is 0 Å². The fourth-order valence-electron chi connectivity index (χ4n) is 2.42. The summed E-state index contributed by atoms with van der Waals surface area (Å²) in [6, 6.07) is 0. The van der Waals surface area contributed by atoms with Crippen LogP contribution in [0.5, 0.6) is 0 Å². The molecule has 0 nitrogen and oxygen atoms in total. The van der Waals surface area contributed by atoms with Gasteiger partial charge in [0.1, 0.15) is 0 Å². The minimum Gasteiger partial charge on any atom is -0.449 e. The lowest BCUT2D eigenvalue weighted by atomic mass is 9.62. The third-order valence-corrected chi connectivity index (χ3v) is 3.43. The molecule has 0 bridgehead atoms. The smallest absolute Gasteiger partial charge is 0.449 e. The first-order chi connectivity index (χ1) is 5.77. The molecule has 0 saturated heterocycles. The molecule has 2 aliphatic rings. The van der Waals surface area contributed by atoms with Crippen molar-refractivity contribution >= 4 is 6.98 Å². The Labute approximate surface area is 72.6 Å². The van der Waals surface area contributed by atoms with Gasteiger partial charge in [-0.3, -0.25) is 0 Å². The molecular formula is C7H9BF5-. The van der Waals surface area contributed by atoms with Gasteiger partial charge in [0.05, 0.1) is 0 Å². The van der Waals surface area contributed by atoms with Crippen molar-refractivity contribution in [2.45, 2.75) is 36.9 Å². The SMILES string of the molecule is F[B-](F)(F)C12CCC(F)(F)CC1C2. The molecule has 2 rings (SSSR count). The number of rotatable bonds is 1. The van der Waals surface area contributed by atoms with E-state index in [1.165, 1.54) is 0 Å². The molecule has 13 heavy (non-hydrogen) atoms. The van der Waals surface area contributed by atoms with Crippen LogP contribution in [-0.4, -0.2) is 12.9 Å². The summed E-state index contributed by atoms with van der Waals surface area (Å²) in [6.45, 7) is -4.92. The van der Waals surface area contributed by atoms with Gasteiger partial charge in [-0.2, -0.15) is 0 Å². The van der Waals surface area contributed by atoms with Crippen LogP contribution in [0, 0.1) is 5.92 Å². The van der Waals surface area contributed by atoms with Crippen LogP contribution in [0.4, 0.5) is 21.7 Å². The van der Waals surface area contributed by atoms with Crippen molar-refractivity contribution in [3.05, 3.63) is 0 Å². The number of hydrogen-bond acceptors (Lipinski definition) is 0. The van der Waals surface area contributed by atoms with Crippen LogP contribution >= 0.6 is 0 Å². The number of alkyl halides is 2. The maximum absolute atomic E-state index is 12.7. The summed E-state index contributed by atoms with van der Waals surface area (Å²) >= 11 is 0. The highest BCUT2D eigenvalue weighted by Crippen LogP contribution is 2.75. The summed E-state index contributed by atoms with van der Waals surface area (Å²) in [7, 11) is 0. The predicted molar refractivity (Wildman–Crippen MR) is 38.7 cm³/mol. The summed E-state index contributed by atoms with van der Waals surface area (Å²) in [4.78, 5) is 0. The van der Waals surface area contributed by atoms with Crippen LogP contribution in [0.2, 0.25) is 5.31 Å². The average Bonchev–Trinajstić information content (AvgIpc) is 2.58. The minimum absolute atomic E-state index is 0.0634. The van der Waals surface area contributed by atoms with Crippen molar-refractivity contribution in [2.24, 2.45) is 5.92 Å². The number of fused-ring (bicyclic) bond motifs is 1. The molecule has 2 atom stereocenters. The molecule has 6 heteroatoms. The van der Waals surface area contributed by atoms with E-state index in [2.05, 4.69) is 0 Å². The van der Waals surface area contributed by atoms with E-state index >= 15 is 0 Å². The van der Waals surface area contributed by atoms with E-state index in [0.29, 0.717) is 0 Å². The molecular weight excluding hydrogens is 190 g/mol. The van der Waals surface area contributed by atoms with Crippen molar-refractivity contribution in [1.29, 1.82) is 0 Å². The Bertz CT molecular complexity index is 236. The quantitative estimate of drug-likeness (QED) is 0.448. The summed E-state index contributed by atoms with van der Waals surface area (Å²) in [5.74, 6) is -3.65. The molecule has 0 heterocycles. The highest BCUT2D eigenvalue weighted by molar-refractivity contribution is 6.63. The van der Waals surface area contributed by atoms with E-state index in [0.717, 1.165) is 0 Å². The van der Waals surface area contributed by atoms with E-state index in [-0.39, 0.29) is 12.8 Å². The van der Waals surface area contributed by atoms with E-state index < -0.39 is 37.0 Å². The molecule has 2 aliphatic carbocycles. The van der Waals surface area contributed by atoms with Crippen LogP contribution < -0.4 is 0 Å². The molecule has 0 spiro atoms. The normalized spacial score (nSPS) is 42.7. The Kier molecular flexibility index (Phi) is 1.57. The first kappa shape index (κ1) is 9.28. The van der Waals surface area contributed by atoms with Gasteiger partial charge in [-0.25, -0.2) is 8.78 Å². The van der Waals surface area contributed by atoms with Gasteiger partial charge in [-0.15, -0.1) is 0 Å². The third-order valence-electron chi connectivity index (χ3n) is 3.43. The fraction of sp³-hybridized carbons (Fsp3) is 1.00. The second kappa shape index (κ2) is 2.20. The summed E-state index contributed by atoms with van der Waals surface area (Å²) < 4.78 is 62.7. The topological polar surface area (TPSA) is 0 Å². The molecule has 0 N–H and O–H groups in total. The van der Waals surface area contributed by atoms with Gasteiger partial charge >= 0.3 is 6.98 Å². The Morgan fingerprint density at radius 2 is 1.62 bits per heavy atom. The van der Waals surface area contributed by atoms with Crippen molar-refractivity contribution in [2.75, 3.05) is 0 Å². The van der Waals surface area contributed by atoms with Gasteiger partial charge in [0, 0.05) is 12.8 Å². The standard InChI is InChI=1S/C7H9BF5/c9-7(10)2-1-6(8(11,12)13)3-5(6)4-7/h5H,1-4H2/q-1. The summed E-state index contributed by atoms with van der Waals surface area (Å²) in [5.41, 5.74) is 0. The lowest BCUT2D eigenvalue weighted by Gasteiger charge is -2.34. The lowest BCUT2D eigenvalue weighted by Crippen LogP contribution is -2.34. The molecule has 2 saturated carbocycles. The van der Waals surface area contributed by atoms with E-state index in [1.807, 2.05) is 0 Å². The molecule has 0 aromatic carbocycles. The summed E-state index contributed by atoms with van der Waals surface area (Å²) in [6.07, 6.45) is -1.58. The van der Waals surface area contributed by atoms with Gasteiger partial charge in [-0.05, 0) is 0 Å². The zero-order valence-electron chi connectivity index (χ0n) is 6.87. The third kappa shape index (κ3) is 1.25. The Morgan fingerprint density at radius 3 is 2.08 bits per heavy atom. The van der Waals surface area contributed by atoms with Crippen LogP contribution in [0.15, 0.2) is 0 Å². The zero-order chi connectivity index (χ0) is 9.91. The molecule has 0 amide bonds. The Morgan fingerprint density at radius 1 is 1.00 bits per heavy atom.